The number of hydrogen-bond donors (Lipinski definition) is 1. The predicted octanol–water partition coefficient (Wildman–Crippen LogP) is 1.90. The Hall–Kier alpha value is -2.10. The zero-order chi connectivity index (χ0) is 19.6. The van der Waals surface area contributed by atoms with Crippen molar-refractivity contribution in [1.29, 1.82) is 0 Å². The summed E-state index contributed by atoms with van der Waals surface area (Å²) in [4.78, 5) is 17.7. The largest absolute Gasteiger partial charge is 0.466 e. The van der Waals surface area contributed by atoms with Crippen LogP contribution in [0.15, 0.2) is 24.3 Å². The minimum atomic E-state index is -0.295. The summed E-state index contributed by atoms with van der Waals surface area (Å²) in [6.45, 7) is 4.89. The third-order valence-corrected chi connectivity index (χ3v) is 6.26. The smallest absolute Gasteiger partial charge is 0.313 e. The van der Waals surface area contributed by atoms with Crippen LogP contribution in [0.1, 0.15) is 30.7 Å². The van der Waals surface area contributed by atoms with E-state index in [0.717, 1.165) is 10.5 Å². The molecule has 9 heteroatoms. The first-order chi connectivity index (χ1) is 12.9. The van der Waals surface area contributed by atoms with Crippen LogP contribution in [0.25, 0.3) is 10.2 Å². The van der Waals surface area contributed by atoms with Crippen molar-refractivity contribution in [2.45, 2.75) is 33.0 Å². The Bertz CT molecular complexity index is 974. The number of quaternary nitrogens is 1. The van der Waals surface area contributed by atoms with Crippen molar-refractivity contribution in [3.05, 3.63) is 39.9 Å². The molecule has 1 aromatic carbocycles. The summed E-state index contributed by atoms with van der Waals surface area (Å²) < 4.78 is 10.3. The number of nitrogens with one attached hydrogen (secondary N) is 1. The van der Waals surface area contributed by atoms with E-state index in [1.165, 1.54) is 9.60 Å². The van der Waals surface area contributed by atoms with Crippen molar-refractivity contribution in [3.8, 4) is 0 Å². The second-order valence-corrected chi connectivity index (χ2v) is 7.91. The average molecular weight is 407 g/mol. The highest BCUT2D eigenvalue weighted by molar-refractivity contribution is 7.71. The molecule has 1 N–H and O–H groups in total. The van der Waals surface area contributed by atoms with Crippen LogP contribution in [-0.4, -0.2) is 39.0 Å². The van der Waals surface area contributed by atoms with Gasteiger partial charge in [-0.2, -0.15) is 9.78 Å². The lowest BCUT2D eigenvalue weighted by molar-refractivity contribution is -0.933. The topological polar surface area (TPSA) is 66.4 Å². The van der Waals surface area contributed by atoms with Crippen LogP contribution in [-0.2, 0) is 29.7 Å². The third-order valence-electron chi connectivity index (χ3n) is 4.56. The maximum atomic E-state index is 11.8. The molecule has 144 valence electrons. The Morgan fingerprint density at radius 1 is 1.41 bits per heavy atom. The zero-order valence-corrected chi connectivity index (χ0v) is 17.6. The number of carbonyl (C=O) groups is 1. The van der Waals surface area contributed by atoms with Gasteiger partial charge in [0.15, 0.2) is 11.7 Å². The molecular formula is C18H24N5O2S2+. The Morgan fingerprint density at radius 3 is 2.85 bits per heavy atom. The number of carbonyl (C=O) groups excluding carboxylic acids is 1. The Balaban J connectivity index is 1.76. The Kier molecular flexibility index (Phi) is 6.03. The van der Waals surface area contributed by atoms with Crippen molar-refractivity contribution in [3.63, 3.8) is 0 Å². The summed E-state index contributed by atoms with van der Waals surface area (Å²) in [5, 5.41) is 5.61. The van der Waals surface area contributed by atoms with Crippen LogP contribution in [0.2, 0.25) is 0 Å². The number of benzene rings is 1. The lowest BCUT2D eigenvalue weighted by Crippen LogP contribution is -3.08. The van der Waals surface area contributed by atoms with Gasteiger partial charge in [0.1, 0.15) is 18.3 Å². The van der Waals surface area contributed by atoms with Crippen LogP contribution in [0.4, 0.5) is 0 Å². The minimum Gasteiger partial charge on any atom is -0.466 e. The van der Waals surface area contributed by atoms with Gasteiger partial charge in [-0.15, -0.1) is 11.3 Å². The third kappa shape index (κ3) is 4.26. The second-order valence-electron chi connectivity index (χ2n) is 6.49. The first kappa shape index (κ1) is 19.7. The molecule has 3 rings (SSSR count). The number of esters is 1. The number of ether oxygens (including phenoxy) is 1. The van der Waals surface area contributed by atoms with E-state index in [1.807, 2.05) is 25.2 Å². The molecular weight excluding hydrogens is 382 g/mol. The van der Waals surface area contributed by atoms with E-state index in [1.54, 1.807) is 27.5 Å². The van der Waals surface area contributed by atoms with Crippen molar-refractivity contribution < 1.29 is 14.4 Å². The van der Waals surface area contributed by atoms with Gasteiger partial charge >= 0.3 is 5.97 Å². The van der Waals surface area contributed by atoms with Crippen molar-refractivity contribution in [1.82, 2.24) is 19.3 Å². The first-order valence-electron chi connectivity index (χ1n) is 8.86. The maximum Gasteiger partial charge on any atom is 0.313 e. The molecule has 1 unspecified atom stereocenters. The molecule has 3 aromatic rings. The summed E-state index contributed by atoms with van der Waals surface area (Å²) in [6, 6.07) is 8.36. The number of nitrogens with zero attached hydrogens (tertiary/aromatic N) is 4. The minimum absolute atomic E-state index is 0.119. The Morgan fingerprint density at radius 2 is 2.15 bits per heavy atom. The van der Waals surface area contributed by atoms with Gasteiger partial charge in [0, 0.05) is 7.05 Å². The highest BCUT2D eigenvalue weighted by Crippen LogP contribution is 2.24. The fourth-order valence-corrected chi connectivity index (χ4v) is 4.11. The monoisotopic (exact) mass is 406 g/mol. The molecule has 0 spiro atoms. The normalized spacial score (nSPS) is 13.6. The van der Waals surface area contributed by atoms with Crippen LogP contribution >= 0.6 is 23.6 Å². The van der Waals surface area contributed by atoms with Gasteiger partial charge in [0.25, 0.3) is 0 Å². The average Bonchev–Trinajstić information content (AvgIpc) is 3.18. The van der Waals surface area contributed by atoms with Gasteiger partial charge < -0.3 is 14.2 Å². The van der Waals surface area contributed by atoms with Gasteiger partial charge in [-0.05, 0) is 38.2 Å². The molecule has 0 bridgehead atoms. The SMILES string of the molecule is CCOC(=O)Cc1nn(C[NH+](C)[C@H](C)c2nc3ccccc3s2)c(=S)n1C. The molecule has 0 saturated carbocycles. The van der Waals surface area contributed by atoms with E-state index < -0.39 is 0 Å². The van der Waals surface area contributed by atoms with E-state index in [-0.39, 0.29) is 18.4 Å². The van der Waals surface area contributed by atoms with Gasteiger partial charge in [0.2, 0.25) is 4.77 Å². The van der Waals surface area contributed by atoms with E-state index >= 15 is 0 Å². The van der Waals surface area contributed by atoms with Crippen molar-refractivity contribution in [2.75, 3.05) is 13.7 Å². The Labute approximate surface area is 167 Å². The zero-order valence-electron chi connectivity index (χ0n) is 15.9. The number of thiazole rings is 1. The number of para-hydroxylation sites is 1. The van der Waals surface area contributed by atoms with Gasteiger partial charge in [-0.25, -0.2) is 4.98 Å². The number of hydrogen-bond acceptors (Lipinski definition) is 6. The highest BCUT2D eigenvalue weighted by atomic mass is 32.1. The summed E-state index contributed by atoms with van der Waals surface area (Å²) in [7, 11) is 3.92. The fourth-order valence-electron chi connectivity index (χ4n) is 2.79. The molecule has 0 amide bonds. The van der Waals surface area contributed by atoms with Crippen molar-refractivity contribution >= 4 is 39.7 Å². The second kappa shape index (κ2) is 8.28. The summed E-state index contributed by atoms with van der Waals surface area (Å²) in [5.74, 6) is 0.315. The van der Waals surface area contributed by atoms with Crippen LogP contribution in [0.3, 0.4) is 0 Å². The first-order valence-corrected chi connectivity index (χ1v) is 10.1. The lowest BCUT2D eigenvalue weighted by atomic mass is 10.3. The molecule has 7 nitrogen and oxygen atoms in total. The van der Waals surface area contributed by atoms with Crippen molar-refractivity contribution in [2.24, 2.45) is 7.05 Å². The molecule has 0 aliphatic rings. The van der Waals surface area contributed by atoms with Crippen LogP contribution in [0.5, 0.6) is 0 Å². The number of aromatic nitrogens is 4. The quantitative estimate of drug-likeness (QED) is 0.480. The van der Waals surface area contributed by atoms with E-state index in [0.29, 0.717) is 23.9 Å². The predicted molar refractivity (Wildman–Crippen MR) is 107 cm³/mol. The summed E-state index contributed by atoms with van der Waals surface area (Å²) in [6.07, 6.45) is 0.119. The fraction of sp³-hybridized carbons (Fsp3) is 0.444. The molecule has 2 heterocycles. The van der Waals surface area contributed by atoms with Gasteiger partial charge in [-0.1, -0.05) is 12.1 Å². The van der Waals surface area contributed by atoms with E-state index in [2.05, 4.69) is 25.1 Å². The summed E-state index contributed by atoms with van der Waals surface area (Å²) >= 11 is 7.21. The highest BCUT2D eigenvalue weighted by Gasteiger charge is 2.22. The molecule has 2 aromatic heterocycles. The van der Waals surface area contributed by atoms with E-state index in [9.17, 15) is 4.79 Å². The molecule has 0 saturated heterocycles. The standard InChI is InChI=1S/C18H23N5O2S2/c1-5-25-16(24)10-15-20-23(18(26)22(15)4)11-21(3)12(2)17-19-13-8-6-7-9-14(13)27-17/h6-9,12H,5,10-11H2,1-4H3/p+1/t12-/m1/s1. The molecule has 0 aliphatic heterocycles. The van der Waals surface area contributed by atoms with Gasteiger partial charge in [0.05, 0.1) is 23.9 Å². The van der Waals surface area contributed by atoms with Crippen LogP contribution < -0.4 is 4.90 Å². The molecule has 0 fully saturated rings. The maximum absolute atomic E-state index is 11.8. The molecule has 0 aliphatic carbocycles. The van der Waals surface area contributed by atoms with Crippen LogP contribution in [0, 0.1) is 4.77 Å². The molecule has 2 atom stereocenters. The summed E-state index contributed by atoms with van der Waals surface area (Å²) in [5.41, 5.74) is 1.03. The lowest BCUT2D eigenvalue weighted by Gasteiger charge is -2.19. The van der Waals surface area contributed by atoms with Gasteiger partial charge in [-0.3, -0.25) is 4.79 Å². The number of rotatable bonds is 7. The molecule has 27 heavy (non-hydrogen) atoms. The molecule has 0 radical (unpaired) electrons. The van der Waals surface area contributed by atoms with E-state index in [4.69, 9.17) is 21.9 Å². The number of fused-ring (bicyclic) bond motifs is 1.